The molecule has 1 amide bonds. The van der Waals surface area contributed by atoms with E-state index in [1.807, 2.05) is 13.8 Å². The van der Waals surface area contributed by atoms with Crippen molar-refractivity contribution in [1.29, 1.82) is 0 Å². The topological polar surface area (TPSA) is 64.0 Å². The lowest BCUT2D eigenvalue weighted by Gasteiger charge is -2.17. The molecule has 5 nitrogen and oxygen atoms in total. The number of aryl methyl sites for hydroxylation is 2. The van der Waals surface area contributed by atoms with Gasteiger partial charge in [-0.25, -0.2) is 4.98 Å². The lowest BCUT2D eigenvalue weighted by atomic mass is 10.1. The zero-order valence-corrected chi connectivity index (χ0v) is 13.8. The molecule has 0 aliphatic rings. The van der Waals surface area contributed by atoms with Crippen LogP contribution in [0.2, 0.25) is 0 Å². The molecule has 0 saturated carbocycles. The molecule has 1 aromatic heterocycles. The number of hydrogen-bond acceptors (Lipinski definition) is 3. The van der Waals surface area contributed by atoms with Crippen molar-refractivity contribution in [3.63, 3.8) is 0 Å². The van der Waals surface area contributed by atoms with Gasteiger partial charge in [-0.15, -0.1) is 0 Å². The van der Waals surface area contributed by atoms with Gasteiger partial charge in [0.25, 0.3) is 11.5 Å². The van der Waals surface area contributed by atoms with E-state index in [9.17, 15) is 9.59 Å². The van der Waals surface area contributed by atoms with E-state index >= 15 is 0 Å². The lowest BCUT2D eigenvalue weighted by molar-refractivity contribution is 0.0930. The summed E-state index contributed by atoms with van der Waals surface area (Å²) in [5, 5.41) is 2.98. The third-order valence-corrected chi connectivity index (χ3v) is 4.05. The summed E-state index contributed by atoms with van der Waals surface area (Å²) in [5.41, 5.74) is 2.35. The Kier molecular flexibility index (Phi) is 4.64. The average Bonchev–Trinajstić information content (AvgIpc) is 2.47. The van der Waals surface area contributed by atoms with Crippen LogP contribution in [-0.4, -0.2) is 21.5 Å². The average molecular weight is 301 g/mol. The molecule has 2 aromatic rings. The van der Waals surface area contributed by atoms with Crippen molar-refractivity contribution in [2.45, 2.75) is 47.2 Å². The van der Waals surface area contributed by atoms with Gasteiger partial charge in [0.2, 0.25) is 0 Å². The van der Waals surface area contributed by atoms with Crippen LogP contribution in [0.15, 0.2) is 23.0 Å². The van der Waals surface area contributed by atoms with Gasteiger partial charge in [0.05, 0.1) is 11.0 Å². The predicted octanol–water partition coefficient (Wildman–Crippen LogP) is 2.50. The van der Waals surface area contributed by atoms with Gasteiger partial charge in [-0.05, 0) is 44.9 Å². The normalized spacial score (nSPS) is 12.6. The first kappa shape index (κ1) is 16.2. The number of benzene rings is 1. The molecular formula is C17H23N3O2. The first-order valence-corrected chi connectivity index (χ1v) is 7.67. The van der Waals surface area contributed by atoms with E-state index in [-0.39, 0.29) is 17.5 Å². The van der Waals surface area contributed by atoms with Gasteiger partial charge < -0.3 is 9.88 Å². The van der Waals surface area contributed by atoms with Crippen LogP contribution in [0, 0.1) is 12.8 Å². The van der Waals surface area contributed by atoms with Gasteiger partial charge in [0.15, 0.2) is 0 Å². The molecule has 2 rings (SSSR count). The number of fused-ring (bicyclic) bond motifs is 1. The summed E-state index contributed by atoms with van der Waals surface area (Å²) < 4.78 is 1.68. The minimum absolute atomic E-state index is 0.0827. The maximum absolute atomic E-state index is 12.3. The predicted molar refractivity (Wildman–Crippen MR) is 88.2 cm³/mol. The first-order chi connectivity index (χ1) is 10.3. The highest BCUT2D eigenvalue weighted by molar-refractivity contribution is 5.97. The maximum atomic E-state index is 12.3. The minimum Gasteiger partial charge on any atom is -0.349 e. The molecule has 5 heteroatoms. The van der Waals surface area contributed by atoms with Crippen molar-refractivity contribution >= 4 is 16.9 Å². The Balaban J connectivity index is 2.45. The van der Waals surface area contributed by atoms with E-state index < -0.39 is 0 Å². The van der Waals surface area contributed by atoms with Crippen molar-refractivity contribution in [2.24, 2.45) is 5.92 Å². The number of aromatic nitrogens is 2. The van der Waals surface area contributed by atoms with Crippen LogP contribution in [0.5, 0.6) is 0 Å². The fourth-order valence-corrected chi connectivity index (χ4v) is 2.29. The molecule has 1 N–H and O–H groups in total. The summed E-state index contributed by atoms with van der Waals surface area (Å²) in [4.78, 5) is 28.7. The van der Waals surface area contributed by atoms with E-state index in [1.165, 1.54) is 0 Å². The number of hydrogen-bond donors (Lipinski definition) is 1. The third-order valence-electron chi connectivity index (χ3n) is 4.05. The molecule has 118 valence electrons. The van der Waals surface area contributed by atoms with E-state index in [2.05, 4.69) is 24.1 Å². The molecule has 0 saturated heterocycles. The van der Waals surface area contributed by atoms with Crippen LogP contribution in [0.4, 0.5) is 0 Å². The van der Waals surface area contributed by atoms with E-state index in [0.29, 0.717) is 29.2 Å². The Labute approximate surface area is 130 Å². The molecule has 1 aromatic carbocycles. The zero-order valence-electron chi connectivity index (χ0n) is 13.8. The van der Waals surface area contributed by atoms with Crippen LogP contribution < -0.4 is 10.9 Å². The molecule has 0 aliphatic carbocycles. The maximum Gasteiger partial charge on any atom is 0.272 e. The number of rotatable bonds is 4. The molecule has 0 aliphatic heterocycles. The molecule has 22 heavy (non-hydrogen) atoms. The smallest absolute Gasteiger partial charge is 0.272 e. The Morgan fingerprint density at radius 1 is 1.32 bits per heavy atom. The van der Waals surface area contributed by atoms with Gasteiger partial charge >= 0.3 is 0 Å². The van der Waals surface area contributed by atoms with Crippen LogP contribution in [0.3, 0.4) is 0 Å². The Hall–Kier alpha value is -2.17. The van der Waals surface area contributed by atoms with Crippen LogP contribution >= 0.6 is 0 Å². The largest absolute Gasteiger partial charge is 0.349 e. The van der Waals surface area contributed by atoms with Gasteiger partial charge in [0.1, 0.15) is 5.69 Å². The molecule has 1 heterocycles. The quantitative estimate of drug-likeness (QED) is 0.943. The van der Waals surface area contributed by atoms with E-state index in [4.69, 9.17) is 0 Å². The SMILES string of the molecule is CCn1c(=O)c(C)nc2cc(C(=O)NC(C)C(C)C)ccc21. The van der Waals surface area contributed by atoms with Gasteiger partial charge in [-0.1, -0.05) is 13.8 Å². The molecule has 0 fully saturated rings. The molecular weight excluding hydrogens is 278 g/mol. The van der Waals surface area contributed by atoms with Crippen LogP contribution in [-0.2, 0) is 6.54 Å². The molecule has 0 spiro atoms. The number of carbonyl (C=O) groups is 1. The van der Waals surface area contributed by atoms with Gasteiger partial charge in [0, 0.05) is 18.2 Å². The Morgan fingerprint density at radius 3 is 2.59 bits per heavy atom. The van der Waals surface area contributed by atoms with Crippen molar-refractivity contribution in [3.05, 3.63) is 39.8 Å². The fraction of sp³-hybridized carbons (Fsp3) is 0.471. The Bertz CT molecular complexity index is 762. The van der Waals surface area contributed by atoms with Crippen molar-refractivity contribution in [1.82, 2.24) is 14.9 Å². The van der Waals surface area contributed by atoms with Crippen molar-refractivity contribution in [3.8, 4) is 0 Å². The summed E-state index contributed by atoms with van der Waals surface area (Å²) in [5.74, 6) is 0.256. The summed E-state index contributed by atoms with van der Waals surface area (Å²) >= 11 is 0. The zero-order chi connectivity index (χ0) is 16.4. The van der Waals surface area contributed by atoms with Crippen LogP contribution in [0.1, 0.15) is 43.7 Å². The highest BCUT2D eigenvalue weighted by Crippen LogP contribution is 2.14. The number of nitrogens with one attached hydrogen (secondary N) is 1. The minimum atomic E-state index is -0.114. The van der Waals surface area contributed by atoms with Crippen LogP contribution in [0.25, 0.3) is 11.0 Å². The second-order valence-corrected chi connectivity index (χ2v) is 5.96. The summed E-state index contributed by atoms with van der Waals surface area (Å²) in [6.45, 7) is 10.3. The Morgan fingerprint density at radius 2 is 2.00 bits per heavy atom. The van der Waals surface area contributed by atoms with Crippen molar-refractivity contribution in [2.75, 3.05) is 0 Å². The highest BCUT2D eigenvalue weighted by Gasteiger charge is 2.14. The van der Waals surface area contributed by atoms with Crippen molar-refractivity contribution < 1.29 is 4.79 Å². The summed E-state index contributed by atoms with van der Waals surface area (Å²) in [6.07, 6.45) is 0. The lowest BCUT2D eigenvalue weighted by Crippen LogP contribution is -2.36. The second-order valence-electron chi connectivity index (χ2n) is 5.96. The van der Waals surface area contributed by atoms with Gasteiger partial charge in [-0.2, -0.15) is 0 Å². The first-order valence-electron chi connectivity index (χ1n) is 7.67. The number of amides is 1. The number of nitrogens with zero attached hydrogens (tertiary/aromatic N) is 2. The summed E-state index contributed by atoms with van der Waals surface area (Å²) in [6, 6.07) is 5.38. The molecule has 1 atom stereocenters. The van der Waals surface area contributed by atoms with E-state index in [0.717, 1.165) is 5.52 Å². The fourth-order valence-electron chi connectivity index (χ4n) is 2.29. The standard InChI is InChI=1S/C17H23N3O2/c1-6-20-15-8-7-13(16(21)19-11(4)10(2)3)9-14(15)18-12(5)17(20)22/h7-11H,6H2,1-5H3,(H,19,21). The highest BCUT2D eigenvalue weighted by atomic mass is 16.1. The summed E-state index contributed by atoms with van der Waals surface area (Å²) in [7, 11) is 0. The molecule has 0 radical (unpaired) electrons. The number of carbonyl (C=O) groups excluding carboxylic acids is 1. The molecule has 1 unspecified atom stereocenters. The third kappa shape index (κ3) is 3.03. The second kappa shape index (κ2) is 6.30. The van der Waals surface area contributed by atoms with Gasteiger partial charge in [-0.3, -0.25) is 9.59 Å². The van der Waals surface area contributed by atoms with E-state index in [1.54, 1.807) is 29.7 Å². The molecule has 0 bridgehead atoms. The monoisotopic (exact) mass is 301 g/mol.